The molecule has 0 rings (SSSR count). The molecule has 0 bridgehead atoms. The molecule has 0 saturated heterocycles. The van der Waals surface area contributed by atoms with Crippen LogP contribution in [0.15, 0.2) is 12.7 Å². The number of aliphatic hydroxyl groups excluding tert-OH is 1. The minimum Gasteiger partial charge on any atom is -0.379 e. The van der Waals surface area contributed by atoms with Crippen LogP contribution in [-0.2, 0) is 10.4 Å². The van der Waals surface area contributed by atoms with Crippen LogP contribution < -0.4 is 0 Å². The molecule has 0 aliphatic carbocycles. The Morgan fingerprint density at radius 2 is 1.85 bits per heavy atom. The second-order valence-electron chi connectivity index (χ2n) is 2.31. The minimum atomic E-state index is -4.67. The van der Waals surface area contributed by atoms with Gasteiger partial charge in [0.2, 0.25) is 0 Å². The van der Waals surface area contributed by atoms with Crippen molar-refractivity contribution in [3.63, 3.8) is 0 Å². The van der Waals surface area contributed by atoms with Crippen LogP contribution in [0.1, 0.15) is 6.92 Å². The lowest BCUT2D eigenvalue weighted by molar-refractivity contribution is 0.0470. The molecule has 13 heavy (non-hydrogen) atoms. The van der Waals surface area contributed by atoms with E-state index in [1.165, 1.54) is 0 Å². The summed E-state index contributed by atoms with van der Waals surface area (Å²) in [5.41, 5.74) is 0. The predicted molar refractivity (Wildman–Crippen MR) is 48.7 cm³/mol. The summed E-state index contributed by atoms with van der Waals surface area (Å²) >= 11 is 0. The van der Waals surface area contributed by atoms with Gasteiger partial charge in [-0.05, 0) is 14.0 Å². The van der Waals surface area contributed by atoms with E-state index < -0.39 is 10.4 Å². The lowest BCUT2D eigenvalue weighted by Crippen LogP contribution is -2.28. The predicted octanol–water partition coefficient (Wildman–Crippen LogP) is -0.210. The molecule has 0 aliphatic heterocycles. The van der Waals surface area contributed by atoms with Gasteiger partial charge in [-0.2, -0.15) is 8.42 Å². The molecule has 0 aromatic carbocycles. The van der Waals surface area contributed by atoms with Crippen molar-refractivity contribution in [2.45, 2.75) is 13.2 Å². The maximum atomic E-state index is 8.83. The quantitative estimate of drug-likeness (QED) is 0.341. The molecule has 0 spiro atoms. The normalized spacial score (nSPS) is 13.1. The maximum absolute atomic E-state index is 8.83. The van der Waals surface area contributed by atoms with E-state index in [1.54, 1.807) is 17.9 Å². The summed E-state index contributed by atoms with van der Waals surface area (Å²) in [6.45, 7) is 5.99. The first-order chi connectivity index (χ1) is 5.68. The van der Waals surface area contributed by atoms with Crippen molar-refractivity contribution in [2.75, 3.05) is 13.6 Å². The molecule has 7 heteroatoms. The average molecular weight is 213 g/mol. The third-order valence-corrected chi connectivity index (χ3v) is 1.05. The molecular formula is C6H15NO5S. The molecule has 3 N–H and O–H groups in total. The lowest BCUT2D eigenvalue weighted by atomic mass is 10.5. The molecule has 0 amide bonds. The van der Waals surface area contributed by atoms with Crippen molar-refractivity contribution in [1.82, 2.24) is 4.90 Å². The van der Waals surface area contributed by atoms with E-state index in [4.69, 9.17) is 22.6 Å². The van der Waals surface area contributed by atoms with E-state index in [9.17, 15) is 0 Å². The van der Waals surface area contributed by atoms with Crippen LogP contribution in [0.2, 0.25) is 0 Å². The summed E-state index contributed by atoms with van der Waals surface area (Å²) in [5, 5.41) is 8.83. The van der Waals surface area contributed by atoms with E-state index in [0.717, 1.165) is 6.54 Å². The summed E-state index contributed by atoms with van der Waals surface area (Å²) < 4.78 is 31.6. The molecule has 80 valence electrons. The first-order valence-corrected chi connectivity index (χ1v) is 4.77. The zero-order valence-corrected chi connectivity index (χ0v) is 8.40. The van der Waals surface area contributed by atoms with E-state index in [-0.39, 0.29) is 6.23 Å². The number of likely N-dealkylation sites (N-methyl/N-ethyl adjacent to an activating group) is 1. The Balaban J connectivity index is 0. The highest BCUT2D eigenvalue weighted by Crippen LogP contribution is 1.87. The molecule has 0 aromatic rings. The number of aliphatic hydroxyl groups is 1. The van der Waals surface area contributed by atoms with Gasteiger partial charge in [0, 0.05) is 6.54 Å². The number of rotatable bonds is 3. The van der Waals surface area contributed by atoms with Crippen molar-refractivity contribution in [3.8, 4) is 0 Å². The Morgan fingerprint density at radius 1 is 1.54 bits per heavy atom. The van der Waals surface area contributed by atoms with Gasteiger partial charge in [0.25, 0.3) is 0 Å². The summed E-state index contributed by atoms with van der Waals surface area (Å²) in [6.07, 6.45) is 1.39. The summed E-state index contributed by atoms with van der Waals surface area (Å²) in [4.78, 5) is 1.78. The van der Waals surface area contributed by atoms with E-state index in [1.807, 2.05) is 7.05 Å². The first kappa shape index (κ1) is 15.0. The maximum Gasteiger partial charge on any atom is 0.394 e. The van der Waals surface area contributed by atoms with Crippen molar-refractivity contribution >= 4 is 10.4 Å². The third-order valence-electron chi connectivity index (χ3n) is 1.05. The molecule has 0 aliphatic rings. The van der Waals surface area contributed by atoms with Crippen molar-refractivity contribution in [2.24, 2.45) is 0 Å². The van der Waals surface area contributed by atoms with E-state index in [0.29, 0.717) is 0 Å². The Labute approximate surface area is 78.1 Å². The topological polar surface area (TPSA) is 98.1 Å². The molecule has 0 saturated carbocycles. The van der Waals surface area contributed by atoms with Gasteiger partial charge in [-0.25, -0.2) is 0 Å². The molecular weight excluding hydrogens is 198 g/mol. The fourth-order valence-electron chi connectivity index (χ4n) is 0.356. The van der Waals surface area contributed by atoms with E-state index >= 15 is 0 Å². The fraction of sp³-hybridized carbons (Fsp3) is 0.667. The molecule has 6 nitrogen and oxygen atoms in total. The largest absolute Gasteiger partial charge is 0.394 e. The van der Waals surface area contributed by atoms with Gasteiger partial charge < -0.3 is 5.11 Å². The Bertz CT molecular complexity index is 215. The van der Waals surface area contributed by atoms with Gasteiger partial charge >= 0.3 is 10.4 Å². The van der Waals surface area contributed by atoms with Gasteiger partial charge in [0.05, 0.1) is 0 Å². The minimum absolute atomic E-state index is 0.368. The Morgan fingerprint density at radius 3 is 1.92 bits per heavy atom. The van der Waals surface area contributed by atoms with Gasteiger partial charge in [0.1, 0.15) is 6.23 Å². The summed E-state index contributed by atoms with van der Waals surface area (Å²) in [5.74, 6) is 0. The zero-order valence-electron chi connectivity index (χ0n) is 7.58. The van der Waals surface area contributed by atoms with Crippen LogP contribution in [0.4, 0.5) is 0 Å². The standard InChI is InChI=1S/C6H13NO.H2O4S/c1-4-5-7(3)6(2)8;1-5(2,3)4/h4,6,8H,1,5H2,2-3H3;(H2,1,2,3,4). The summed E-state index contributed by atoms with van der Waals surface area (Å²) in [6, 6.07) is 0. The van der Waals surface area contributed by atoms with Crippen molar-refractivity contribution in [3.05, 3.63) is 12.7 Å². The molecule has 1 unspecified atom stereocenters. The smallest absolute Gasteiger partial charge is 0.379 e. The third kappa shape index (κ3) is 24.6. The molecule has 1 atom stereocenters. The number of nitrogens with zero attached hydrogens (tertiary/aromatic N) is 1. The average Bonchev–Trinajstić information content (AvgIpc) is 1.84. The van der Waals surface area contributed by atoms with Crippen LogP contribution in [0, 0.1) is 0 Å². The highest BCUT2D eigenvalue weighted by atomic mass is 32.3. The molecule has 0 aromatic heterocycles. The van der Waals surface area contributed by atoms with E-state index in [2.05, 4.69) is 6.58 Å². The Hall–Kier alpha value is -0.470. The van der Waals surface area contributed by atoms with Crippen LogP contribution in [-0.4, -0.2) is 47.4 Å². The van der Waals surface area contributed by atoms with Crippen LogP contribution >= 0.6 is 0 Å². The fourth-order valence-corrected chi connectivity index (χ4v) is 0.356. The van der Waals surface area contributed by atoms with Gasteiger partial charge in [-0.15, -0.1) is 6.58 Å². The van der Waals surface area contributed by atoms with Gasteiger partial charge in [0.15, 0.2) is 0 Å². The highest BCUT2D eigenvalue weighted by molar-refractivity contribution is 7.79. The van der Waals surface area contributed by atoms with Gasteiger partial charge in [-0.3, -0.25) is 14.0 Å². The lowest BCUT2D eigenvalue weighted by Gasteiger charge is -2.16. The zero-order chi connectivity index (χ0) is 11.1. The molecule has 0 heterocycles. The van der Waals surface area contributed by atoms with Crippen LogP contribution in [0.25, 0.3) is 0 Å². The first-order valence-electron chi connectivity index (χ1n) is 3.37. The monoisotopic (exact) mass is 213 g/mol. The highest BCUT2D eigenvalue weighted by Gasteiger charge is 1.98. The van der Waals surface area contributed by atoms with Gasteiger partial charge in [-0.1, -0.05) is 6.08 Å². The molecule has 0 radical (unpaired) electrons. The number of hydrogen-bond acceptors (Lipinski definition) is 4. The van der Waals surface area contributed by atoms with Crippen molar-refractivity contribution < 1.29 is 22.6 Å². The second-order valence-corrected chi connectivity index (χ2v) is 3.20. The SMILES string of the molecule is C=CCN(C)C(C)O.O=S(=O)(O)O. The van der Waals surface area contributed by atoms with Crippen LogP contribution in [0.3, 0.4) is 0 Å². The van der Waals surface area contributed by atoms with Crippen molar-refractivity contribution in [1.29, 1.82) is 0 Å². The Kier molecular flexibility index (Phi) is 8.07. The second kappa shape index (κ2) is 6.98. The number of hydrogen-bond donors (Lipinski definition) is 3. The summed E-state index contributed by atoms with van der Waals surface area (Å²) in [7, 11) is -2.83. The van der Waals surface area contributed by atoms with Crippen LogP contribution in [0.5, 0.6) is 0 Å². The molecule has 0 fully saturated rings.